The van der Waals surface area contributed by atoms with Crippen molar-refractivity contribution < 1.29 is 19.1 Å². The summed E-state index contributed by atoms with van der Waals surface area (Å²) in [6.45, 7) is 6.77. The molecule has 0 spiro atoms. The number of rotatable bonds is 9. The van der Waals surface area contributed by atoms with E-state index in [2.05, 4.69) is 16.0 Å². The van der Waals surface area contributed by atoms with Gasteiger partial charge in [-0.25, -0.2) is 4.79 Å². The third kappa shape index (κ3) is 12.1. The Labute approximate surface area is 127 Å². The molecular weight excluding hydrogens is 274 g/mol. The van der Waals surface area contributed by atoms with Crippen molar-refractivity contribution in [3.05, 3.63) is 0 Å². The summed E-state index contributed by atoms with van der Waals surface area (Å²) in [5.41, 5.74) is -0.488. The van der Waals surface area contributed by atoms with E-state index in [4.69, 9.17) is 9.47 Å². The van der Waals surface area contributed by atoms with Crippen molar-refractivity contribution in [3.63, 3.8) is 0 Å². The van der Waals surface area contributed by atoms with E-state index in [1.807, 2.05) is 20.8 Å². The van der Waals surface area contributed by atoms with Crippen molar-refractivity contribution >= 4 is 12.0 Å². The van der Waals surface area contributed by atoms with E-state index in [-0.39, 0.29) is 18.5 Å². The van der Waals surface area contributed by atoms with Crippen LogP contribution in [0.4, 0.5) is 4.79 Å². The SMILES string of the molecule is CNC(=O)CNC(CCCNC(=O)OC(C)(C)C)COC. The molecule has 0 aliphatic heterocycles. The molecule has 0 aromatic heterocycles. The molecule has 0 aliphatic carbocycles. The number of hydrogen-bond donors (Lipinski definition) is 3. The minimum atomic E-state index is -0.488. The molecule has 0 aromatic carbocycles. The van der Waals surface area contributed by atoms with Crippen LogP contribution in [0.5, 0.6) is 0 Å². The standard InChI is InChI=1S/C14H29N3O4/c1-14(2,3)21-13(19)16-8-6-7-11(10-20-5)17-9-12(18)15-4/h11,17H,6-10H2,1-5H3,(H,15,18)(H,16,19). The Kier molecular flexibility index (Phi) is 9.73. The molecule has 0 radical (unpaired) electrons. The topological polar surface area (TPSA) is 88.7 Å². The Hall–Kier alpha value is -1.34. The fraction of sp³-hybridized carbons (Fsp3) is 0.857. The van der Waals surface area contributed by atoms with Crippen molar-refractivity contribution in [2.75, 3.05) is 33.9 Å². The van der Waals surface area contributed by atoms with Gasteiger partial charge in [0.1, 0.15) is 5.60 Å². The summed E-state index contributed by atoms with van der Waals surface area (Å²) in [4.78, 5) is 22.6. The van der Waals surface area contributed by atoms with Crippen LogP contribution in [-0.2, 0) is 14.3 Å². The molecule has 0 rings (SSSR count). The smallest absolute Gasteiger partial charge is 0.407 e. The van der Waals surface area contributed by atoms with Gasteiger partial charge in [0.15, 0.2) is 0 Å². The van der Waals surface area contributed by atoms with Gasteiger partial charge in [-0.1, -0.05) is 0 Å². The first-order valence-corrected chi connectivity index (χ1v) is 7.18. The summed E-state index contributed by atoms with van der Waals surface area (Å²) in [7, 11) is 3.22. The molecule has 0 aromatic rings. The summed E-state index contributed by atoms with van der Waals surface area (Å²) in [5, 5.41) is 8.37. The second-order valence-corrected chi connectivity index (χ2v) is 5.78. The first-order valence-electron chi connectivity index (χ1n) is 7.18. The maximum atomic E-state index is 11.5. The number of carbonyl (C=O) groups excluding carboxylic acids is 2. The predicted octanol–water partition coefficient (Wildman–Crippen LogP) is 0.642. The molecule has 7 nitrogen and oxygen atoms in total. The molecule has 124 valence electrons. The number of ether oxygens (including phenoxy) is 2. The van der Waals surface area contributed by atoms with E-state index in [0.717, 1.165) is 12.8 Å². The molecule has 0 heterocycles. The molecule has 1 unspecified atom stereocenters. The van der Waals surface area contributed by atoms with Gasteiger partial charge in [-0.2, -0.15) is 0 Å². The first-order chi connectivity index (χ1) is 9.78. The average Bonchev–Trinajstić information content (AvgIpc) is 2.38. The molecule has 2 amide bonds. The predicted molar refractivity (Wildman–Crippen MR) is 81.2 cm³/mol. The largest absolute Gasteiger partial charge is 0.444 e. The first kappa shape index (κ1) is 19.7. The molecule has 0 fully saturated rings. The number of methoxy groups -OCH3 is 1. The van der Waals surface area contributed by atoms with Crippen LogP contribution in [0.3, 0.4) is 0 Å². The van der Waals surface area contributed by atoms with Crippen LogP contribution < -0.4 is 16.0 Å². The zero-order valence-corrected chi connectivity index (χ0v) is 13.7. The zero-order valence-electron chi connectivity index (χ0n) is 13.7. The molecule has 0 saturated carbocycles. The monoisotopic (exact) mass is 303 g/mol. The molecule has 1 atom stereocenters. The van der Waals surface area contributed by atoms with E-state index < -0.39 is 11.7 Å². The summed E-state index contributed by atoms with van der Waals surface area (Å²) in [5.74, 6) is -0.0667. The summed E-state index contributed by atoms with van der Waals surface area (Å²) in [6, 6.07) is 0.0766. The Morgan fingerprint density at radius 1 is 1.24 bits per heavy atom. The second kappa shape index (κ2) is 10.4. The minimum absolute atomic E-state index is 0.0667. The summed E-state index contributed by atoms with van der Waals surface area (Å²) in [6.07, 6.45) is 1.15. The number of hydrogen-bond acceptors (Lipinski definition) is 5. The van der Waals surface area contributed by atoms with Crippen LogP contribution in [0, 0.1) is 0 Å². The number of likely N-dealkylation sites (N-methyl/N-ethyl adjacent to an activating group) is 1. The van der Waals surface area contributed by atoms with Gasteiger partial charge in [-0.15, -0.1) is 0 Å². The van der Waals surface area contributed by atoms with E-state index in [9.17, 15) is 9.59 Å². The lowest BCUT2D eigenvalue weighted by Gasteiger charge is -2.20. The lowest BCUT2D eigenvalue weighted by molar-refractivity contribution is -0.119. The van der Waals surface area contributed by atoms with E-state index in [1.165, 1.54) is 0 Å². The second-order valence-electron chi connectivity index (χ2n) is 5.78. The van der Waals surface area contributed by atoms with Gasteiger partial charge in [0.2, 0.25) is 5.91 Å². The van der Waals surface area contributed by atoms with Crippen molar-refractivity contribution in [1.82, 2.24) is 16.0 Å². The quantitative estimate of drug-likeness (QED) is 0.544. The lowest BCUT2D eigenvalue weighted by atomic mass is 10.1. The van der Waals surface area contributed by atoms with Crippen LogP contribution in [0.25, 0.3) is 0 Å². The van der Waals surface area contributed by atoms with Crippen LogP contribution in [0.2, 0.25) is 0 Å². The third-order valence-electron chi connectivity index (χ3n) is 2.60. The van der Waals surface area contributed by atoms with Crippen molar-refractivity contribution in [3.8, 4) is 0 Å². The number of carbonyl (C=O) groups is 2. The van der Waals surface area contributed by atoms with Crippen LogP contribution >= 0.6 is 0 Å². The molecular formula is C14H29N3O4. The van der Waals surface area contributed by atoms with Crippen LogP contribution in [-0.4, -0.2) is 57.5 Å². The number of amides is 2. The highest BCUT2D eigenvalue weighted by atomic mass is 16.6. The van der Waals surface area contributed by atoms with Gasteiger partial charge < -0.3 is 25.4 Å². The molecule has 7 heteroatoms. The Balaban J connectivity index is 3.87. The van der Waals surface area contributed by atoms with Gasteiger partial charge in [0, 0.05) is 26.7 Å². The zero-order chi connectivity index (χ0) is 16.3. The van der Waals surface area contributed by atoms with Gasteiger partial charge in [0.25, 0.3) is 0 Å². The Morgan fingerprint density at radius 2 is 1.90 bits per heavy atom. The van der Waals surface area contributed by atoms with Crippen molar-refractivity contribution in [1.29, 1.82) is 0 Å². The Bertz CT molecular complexity index is 316. The van der Waals surface area contributed by atoms with E-state index >= 15 is 0 Å². The highest BCUT2D eigenvalue weighted by Crippen LogP contribution is 2.06. The van der Waals surface area contributed by atoms with E-state index in [0.29, 0.717) is 13.2 Å². The normalized spacial score (nSPS) is 12.6. The van der Waals surface area contributed by atoms with Crippen LogP contribution in [0.15, 0.2) is 0 Å². The van der Waals surface area contributed by atoms with Gasteiger partial charge in [0.05, 0.1) is 13.2 Å². The summed E-state index contributed by atoms with van der Waals surface area (Å²) >= 11 is 0. The molecule has 21 heavy (non-hydrogen) atoms. The van der Waals surface area contributed by atoms with Gasteiger partial charge >= 0.3 is 6.09 Å². The maximum Gasteiger partial charge on any atom is 0.407 e. The van der Waals surface area contributed by atoms with E-state index in [1.54, 1.807) is 14.2 Å². The fourth-order valence-corrected chi connectivity index (χ4v) is 1.62. The highest BCUT2D eigenvalue weighted by molar-refractivity contribution is 5.77. The van der Waals surface area contributed by atoms with Gasteiger partial charge in [-0.3, -0.25) is 4.79 Å². The lowest BCUT2D eigenvalue weighted by Crippen LogP contribution is -2.40. The highest BCUT2D eigenvalue weighted by Gasteiger charge is 2.15. The average molecular weight is 303 g/mol. The number of alkyl carbamates (subject to hydrolysis) is 1. The number of nitrogens with one attached hydrogen (secondary N) is 3. The molecule has 3 N–H and O–H groups in total. The minimum Gasteiger partial charge on any atom is -0.444 e. The van der Waals surface area contributed by atoms with Gasteiger partial charge in [-0.05, 0) is 33.6 Å². The summed E-state index contributed by atoms with van der Waals surface area (Å²) < 4.78 is 10.3. The Morgan fingerprint density at radius 3 is 2.43 bits per heavy atom. The molecule has 0 aliphatic rings. The molecule has 0 bridgehead atoms. The molecule has 0 saturated heterocycles. The van der Waals surface area contributed by atoms with Crippen molar-refractivity contribution in [2.24, 2.45) is 0 Å². The van der Waals surface area contributed by atoms with Crippen LogP contribution in [0.1, 0.15) is 33.6 Å². The maximum absolute atomic E-state index is 11.5. The fourth-order valence-electron chi connectivity index (χ4n) is 1.62. The van der Waals surface area contributed by atoms with Crippen molar-refractivity contribution in [2.45, 2.75) is 45.3 Å². The third-order valence-corrected chi connectivity index (χ3v) is 2.60.